The van der Waals surface area contributed by atoms with Crippen LogP contribution in [0.4, 0.5) is 11.4 Å². The van der Waals surface area contributed by atoms with E-state index in [1.807, 2.05) is 0 Å². The van der Waals surface area contributed by atoms with Crippen molar-refractivity contribution in [1.29, 1.82) is 0 Å². The number of nitrogens with one attached hydrogen (secondary N) is 1. The van der Waals surface area contributed by atoms with Gasteiger partial charge in [-0.05, 0) is 22.0 Å². The number of β-amino-alcohol motifs (C(OH)–C–C–N with tert-alkyl or cyclic N) is 1. The number of aliphatic hydroxyl groups is 1. The van der Waals surface area contributed by atoms with E-state index in [0.717, 1.165) is 11.0 Å². The quantitative estimate of drug-likeness (QED) is 0.463. The second-order valence-corrected chi connectivity index (χ2v) is 4.98. The van der Waals surface area contributed by atoms with Crippen LogP contribution in [0.25, 0.3) is 0 Å². The maximum Gasteiger partial charge on any atom is 0.277 e. The SMILES string of the molecule is O=C1C=C(Nc2ccc([N+](=O)[O-])cc2Br)C(=O)N1CCO. The fraction of sp³-hybridized carbons (Fsp3) is 0.167. The number of hydrogen-bond acceptors (Lipinski definition) is 6. The molecule has 0 atom stereocenters. The van der Waals surface area contributed by atoms with Gasteiger partial charge in [-0.25, -0.2) is 0 Å². The molecule has 0 saturated carbocycles. The number of rotatable bonds is 5. The molecule has 0 aromatic heterocycles. The minimum Gasteiger partial charge on any atom is -0.395 e. The van der Waals surface area contributed by atoms with Gasteiger partial charge in [-0.3, -0.25) is 24.6 Å². The molecule has 0 aliphatic carbocycles. The van der Waals surface area contributed by atoms with Crippen LogP contribution in [-0.4, -0.2) is 39.9 Å². The third kappa shape index (κ3) is 3.09. The molecule has 1 aromatic carbocycles. The summed E-state index contributed by atoms with van der Waals surface area (Å²) >= 11 is 3.16. The van der Waals surface area contributed by atoms with E-state index in [4.69, 9.17) is 5.11 Å². The topological polar surface area (TPSA) is 113 Å². The Morgan fingerprint density at radius 3 is 2.67 bits per heavy atom. The first kappa shape index (κ1) is 15.1. The zero-order valence-electron chi connectivity index (χ0n) is 10.6. The summed E-state index contributed by atoms with van der Waals surface area (Å²) in [4.78, 5) is 34.5. The second kappa shape index (κ2) is 6.02. The first-order valence-electron chi connectivity index (χ1n) is 5.83. The number of nitrogens with zero attached hydrogens (tertiary/aromatic N) is 2. The lowest BCUT2D eigenvalue weighted by Gasteiger charge is -2.13. The number of carbonyl (C=O) groups excluding carboxylic acids is 2. The van der Waals surface area contributed by atoms with Gasteiger partial charge in [0.05, 0.1) is 23.8 Å². The predicted molar refractivity (Wildman–Crippen MR) is 76.3 cm³/mol. The molecular formula is C12H10BrN3O5. The van der Waals surface area contributed by atoms with Crippen LogP contribution in [0.1, 0.15) is 0 Å². The molecule has 0 spiro atoms. The molecule has 2 amide bonds. The number of nitro groups is 1. The number of carbonyl (C=O) groups is 2. The molecule has 8 nitrogen and oxygen atoms in total. The molecule has 0 saturated heterocycles. The summed E-state index contributed by atoms with van der Waals surface area (Å²) in [5.41, 5.74) is 0.360. The highest BCUT2D eigenvalue weighted by atomic mass is 79.9. The van der Waals surface area contributed by atoms with Crippen LogP contribution in [0.3, 0.4) is 0 Å². The minimum atomic E-state index is -0.556. The van der Waals surface area contributed by atoms with Crippen LogP contribution in [-0.2, 0) is 9.59 Å². The maximum atomic E-state index is 11.9. The van der Waals surface area contributed by atoms with E-state index < -0.39 is 16.7 Å². The van der Waals surface area contributed by atoms with Crippen LogP contribution in [0.5, 0.6) is 0 Å². The molecule has 1 aliphatic heterocycles. The number of non-ortho nitro benzene ring substituents is 1. The Kier molecular flexibility index (Phi) is 4.34. The van der Waals surface area contributed by atoms with E-state index in [1.54, 1.807) is 0 Å². The Morgan fingerprint density at radius 1 is 1.38 bits per heavy atom. The third-order valence-electron chi connectivity index (χ3n) is 2.77. The highest BCUT2D eigenvalue weighted by molar-refractivity contribution is 9.10. The smallest absolute Gasteiger partial charge is 0.277 e. The molecule has 21 heavy (non-hydrogen) atoms. The lowest BCUT2D eigenvalue weighted by Crippen LogP contribution is -2.34. The zero-order chi connectivity index (χ0) is 15.6. The van der Waals surface area contributed by atoms with Gasteiger partial charge < -0.3 is 10.4 Å². The van der Waals surface area contributed by atoms with Gasteiger partial charge in [0, 0.05) is 22.7 Å². The van der Waals surface area contributed by atoms with Gasteiger partial charge in [-0.15, -0.1) is 0 Å². The molecule has 9 heteroatoms. The molecule has 0 unspecified atom stereocenters. The van der Waals surface area contributed by atoms with Gasteiger partial charge in [0.2, 0.25) is 0 Å². The Morgan fingerprint density at radius 2 is 2.10 bits per heavy atom. The predicted octanol–water partition coefficient (Wildman–Crippen LogP) is 1.01. The number of benzene rings is 1. The average molecular weight is 356 g/mol. The molecule has 110 valence electrons. The number of aliphatic hydroxyl groups excluding tert-OH is 1. The highest BCUT2D eigenvalue weighted by Crippen LogP contribution is 2.29. The van der Waals surface area contributed by atoms with E-state index in [2.05, 4.69) is 21.2 Å². The van der Waals surface area contributed by atoms with Gasteiger partial charge in [-0.2, -0.15) is 0 Å². The van der Waals surface area contributed by atoms with E-state index in [1.165, 1.54) is 18.2 Å². The molecule has 0 bridgehead atoms. The summed E-state index contributed by atoms with van der Waals surface area (Å²) in [5.74, 6) is -1.08. The number of imide groups is 1. The van der Waals surface area contributed by atoms with Gasteiger partial charge in [-0.1, -0.05) is 0 Å². The van der Waals surface area contributed by atoms with Crippen LogP contribution in [0.15, 0.2) is 34.4 Å². The van der Waals surface area contributed by atoms with Crippen molar-refractivity contribution in [3.8, 4) is 0 Å². The van der Waals surface area contributed by atoms with Crippen LogP contribution in [0, 0.1) is 10.1 Å². The summed E-state index contributed by atoms with van der Waals surface area (Å²) in [7, 11) is 0. The average Bonchev–Trinajstić information content (AvgIpc) is 2.69. The van der Waals surface area contributed by atoms with Crippen molar-refractivity contribution >= 4 is 39.1 Å². The van der Waals surface area contributed by atoms with Crippen molar-refractivity contribution in [2.45, 2.75) is 0 Å². The van der Waals surface area contributed by atoms with Gasteiger partial charge in [0.1, 0.15) is 5.70 Å². The molecule has 0 radical (unpaired) electrons. The fourth-order valence-corrected chi connectivity index (χ4v) is 2.24. The Balaban J connectivity index is 2.20. The van der Waals surface area contributed by atoms with E-state index >= 15 is 0 Å². The number of halogens is 1. The lowest BCUT2D eigenvalue weighted by atomic mass is 10.2. The molecule has 0 fully saturated rings. The first-order chi connectivity index (χ1) is 9.93. The Labute approximate surface area is 127 Å². The van der Waals surface area contributed by atoms with Crippen LogP contribution < -0.4 is 5.32 Å². The molecular weight excluding hydrogens is 346 g/mol. The lowest BCUT2D eigenvalue weighted by molar-refractivity contribution is -0.384. The van der Waals surface area contributed by atoms with Crippen molar-refractivity contribution in [1.82, 2.24) is 4.90 Å². The normalized spacial score (nSPS) is 14.4. The molecule has 1 aromatic rings. The van der Waals surface area contributed by atoms with Gasteiger partial charge in [0.15, 0.2) is 0 Å². The van der Waals surface area contributed by atoms with Crippen molar-refractivity contribution < 1.29 is 19.6 Å². The maximum absolute atomic E-state index is 11.9. The second-order valence-electron chi connectivity index (χ2n) is 4.12. The summed E-state index contributed by atoms with van der Waals surface area (Å²) in [6.45, 7) is -0.402. The van der Waals surface area contributed by atoms with E-state index in [9.17, 15) is 19.7 Å². The van der Waals surface area contributed by atoms with Gasteiger partial charge >= 0.3 is 0 Å². The summed E-state index contributed by atoms with van der Waals surface area (Å²) < 4.78 is 0.387. The molecule has 1 aliphatic rings. The number of hydrogen-bond donors (Lipinski definition) is 2. The number of nitro benzene ring substituents is 1. The summed E-state index contributed by atoms with van der Waals surface area (Å²) in [5, 5.41) is 22.2. The zero-order valence-corrected chi connectivity index (χ0v) is 12.2. The summed E-state index contributed by atoms with van der Waals surface area (Å²) in [6.07, 6.45) is 1.12. The minimum absolute atomic E-state index is 0.0444. The Hall–Kier alpha value is -2.26. The van der Waals surface area contributed by atoms with E-state index in [0.29, 0.717) is 10.2 Å². The molecule has 2 N–H and O–H groups in total. The van der Waals surface area contributed by atoms with Crippen LogP contribution >= 0.6 is 15.9 Å². The summed E-state index contributed by atoms with van der Waals surface area (Å²) in [6, 6.07) is 3.99. The van der Waals surface area contributed by atoms with E-state index in [-0.39, 0.29) is 24.5 Å². The van der Waals surface area contributed by atoms with Gasteiger partial charge in [0.25, 0.3) is 17.5 Å². The molecule has 1 heterocycles. The van der Waals surface area contributed by atoms with Crippen molar-refractivity contribution in [2.75, 3.05) is 18.5 Å². The number of anilines is 1. The monoisotopic (exact) mass is 355 g/mol. The standard InChI is InChI=1S/C12H10BrN3O5/c13-8-5-7(16(20)21)1-2-9(8)14-10-6-11(18)15(3-4-17)12(10)19/h1-2,5-6,14,17H,3-4H2. The van der Waals surface area contributed by atoms with Crippen molar-refractivity contribution in [2.24, 2.45) is 0 Å². The van der Waals surface area contributed by atoms with Crippen molar-refractivity contribution in [3.63, 3.8) is 0 Å². The van der Waals surface area contributed by atoms with Crippen LogP contribution in [0.2, 0.25) is 0 Å². The first-order valence-corrected chi connectivity index (χ1v) is 6.62. The van der Waals surface area contributed by atoms with Crippen molar-refractivity contribution in [3.05, 3.63) is 44.6 Å². The third-order valence-corrected chi connectivity index (χ3v) is 3.42. The number of amides is 2. The fourth-order valence-electron chi connectivity index (χ4n) is 1.77. The highest BCUT2D eigenvalue weighted by Gasteiger charge is 2.30. The largest absolute Gasteiger partial charge is 0.395 e. The Bertz CT molecular complexity index is 658. The molecule has 2 rings (SSSR count).